The van der Waals surface area contributed by atoms with Gasteiger partial charge in [0.2, 0.25) is 15.9 Å². The van der Waals surface area contributed by atoms with Gasteiger partial charge < -0.3 is 21.3 Å². The lowest BCUT2D eigenvalue weighted by Crippen LogP contribution is -2.31. The number of carbonyl (C=O) groups is 7. The maximum absolute atomic E-state index is 13.2. The molecule has 0 heterocycles. The zero-order valence-corrected chi connectivity index (χ0v) is 55.2. The van der Waals surface area contributed by atoms with E-state index in [1.807, 2.05) is 82.3 Å². The minimum absolute atomic E-state index is 0.0879. The van der Waals surface area contributed by atoms with Crippen LogP contribution in [0.1, 0.15) is 146 Å². The number of amides is 8. The lowest BCUT2D eigenvalue weighted by Gasteiger charge is -2.16. The molecule has 27 heteroatoms. The lowest BCUT2D eigenvalue weighted by atomic mass is 10.0. The summed E-state index contributed by atoms with van der Waals surface area (Å²) >= 11 is 11.9. The Morgan fingerprint density at radius 3 is 1.39 bits per heavy atom. The highest BCUT2D eigenvalue weighted by Gasteiger charge is 2.23. The standard InChI is InChI=1S/C22H20N2O3.C17H20N2O3.C16H15Cl2N3O3.C15H14F2N2O4S/c1-15(16-7-11-20(12-8-16)22(26)24-27)23-21(25)19-13-9-18(10-14-19)17-5-3-2-4-6-17;1-10-7-11(2)15(8-10)17(21)18-12(3)13-5-4-6-14(9-13)16(20)19-22;1-9(10-2-4-11(5-3-10)15(22)21-24)19-16(23)20-14-8-12(17)6-7-13(14)18;1-9(10-2-4-11(5-3-10)15(20)18-21)19-24(22,23)12-6-7-13(16)14(17)8-12/h2-15,27H,1H3,(H,23,25)(H,24,26);4-7,9,12,22H,8H2,1-3H3,(H,18,21)(H,19,20);2-9,24H,1H3,(H,21,22)(H2,19,20,23);2-9,19,21H,1H3,(H,18,20)/t15-;;;/m1.../s1. The van der Waals surface area contributed by atoms with Crippen LogP contribution < -0.4 is 47.9 Å². The third-order valence-corrected chi connectivity index (χ3v) is 16.9. The van der Waals surface area contributed by atoms with Crippen LogP contribution in [0.5, 0.6) is 0 Å². The average molecular weight is 1390 g/mol. The molecular weight excluding hydrogens is 1320 g/mol. The topological polar surface area (TPSA) is 343 Å². The molecule has 13 N–H and O–H groups in total. The van der Waals surface area contributed by atoms with Gasteiger partial charge in [0.1, 0.15) is 0 Å². The minimum Gasteiger partial charge on any atom is -0.346 e. The Morgan fingerprint density at radius 2 is 0.897 bits per heavy atom. The Kier molecular flexibility index (Phi) is 27.9. The fourth-order valence-corrected chi connectivity index (χ4v) is 11.0. The van der Waals surface area contributed by atoms with Crippen LogP contribution in [0.4, 0.5) is 19.3 Å². The number of sulfonamides is 1. The number of benzene rings is 8. The van der Waals surface area contributed by atoms with Crippen molar-refractivity contribution >= 4 is 80.4 Å². The van der Waals surface area contributed by atoms with E-state index in [0.29, 0.717) is 56.0 Å². The van der Waals surface area contributed by atoms with Gasteiger partial charge in [-0.2, -0.15) is 0 Å². The fraction of sp³-hybridized carbons (Fsp3) is 0.157. The van der Waals surface area contributed by atoms with Gasteiger partial charge in [0.15, 0.2) is 11.6 Å². The predicted molar refractivity (Wildman–Crippen MR) is 360 cm³/mol. The fourth-order valence-electron chi connectivity index (χ4n) is 9.38. The number of urea groups is 1. The average Bonchev–Trinajstić information content (AvgIpc) is 1.79. The maximum Gasteiger partial charge on any atom is 0.319 e. The summed E-state index contributed by atoms with van der Waals surface area (Å²) < 4.78 is 52.8. The van der Waals surface area contributed by atoms with Crippen molar-refractivity contribution in [3.05, 3.63) is 283 Å². The summed E-state index contributed by atoms with van der Waals surface area (Å²) in [6.45, 7) is 11.0. The molecule has 0 saturated heterocycles. The molecule has 0 bridgehead atoms. The van der Waals surface area contributed by atoms with Gasteiger partial charge >= 0.3 is 6.03 Å². The Morgan fingerprint density at radius 1 is 0.443 bits per heavy atom. The molecule has 0 aromatic heterocycles. The molecule has 0 fully saturated rings. The molecule has 8 aromatic carbocycles. The molecule has 1 aliphatic carbocycles. The van der Waals surface area contributed by atoms with E-state index in [4.69, 9.17) is 44.0 Å². The first-order valence-electron chi connectivity index (χ1n) is 29.5. The Labute approximate surface area is 567 Å². The van der Waals surface area contributed by atoms with Gasteiger partial charge in [-0.05, 0) is 184 Å². The third-order valence-electron chi connectivity index (χ3n) is 14.7. The first kappa shape index (κ1) is 75.5. The molecule has 97 heavy (non-hydrogen) atoms. The molecule has 1 aliphatic rings. The highest BCUT2D eigenvalue weighted by atomic mass is 35.5. The van der Waals surface area contributed by atoms with Crippen molar-refractivity contribution in [2.45, 2.75) is 77.0 Å². The second-order valence-electron chi connectivity index (χ2n) is 21.8. The number of rotatable bonds is 18. The molecule has 0 aliphatic heterocycles. The van der Waals surface area contributed by atoms with Gasteiger partial charge in [0, 0.05) is 44.5 Å². The van der Waals surface area contributed by atoms with Crippen molar-refractivity contribution in [1.29, 1.82) is 0 Å². The van der Waals surface area contributed by atoms with E-state index in [-0.39, 0.29) is 35.5 Å². The Bertz CT molecular complexity index is 4310. The molecule has 0 spiro atoms. The zero-order chi connectivity index (χ0) is 71.1. The smallest absolute Gasteiger partial charge is 0.319 e. The summed E-state index contributed by atoms with van der Waals surface area (Å²) in [5, 5.41) is 46.6. The summed E-state index contributed by atoms with van der Waals surface area (Å²) in [5.74, 6) is -5.10. The summed E-state index contributed by atoms with van der Waals surface area (Å²) in [4.78, 5) is 81.8. The number of nitrogens with one attached hydrogen (secondary N) is 9. The van der Waals surface area contributed by atoms with Crippen LogP contribution in [0, 0.1) is 11.6 Å². The van der Waals surface area contributed by atoms with Crippen molar-refractivity contribution in [3.63, 3.8) is 0 Å². The number of anilines is 1. The van der Waals surface area contributed by atoms with Crippen LogP contribution in [-0.4, -0.2) is 70.7 Å². The number of hydrogen-bond acceptors (Lipinski definition) is 13. The van der Waals surface area contributed by atoms with E-state index in [1.54, 1.807) is 127 Å². The van der Waals surface area contributed by atoms with Gasteiger partial charge in [-0.3, -0.25) is 49.6 Å². The van der Waals surface area contributed by atoms with E-state index in [9.17, 15) is 50.8 Å². The van der Waals surface area contributed by atoms with Crippen LogP contribution in [0.3, 0.4) is 0 Å². The molecule has 8 aromatic rings. The zero-order valence-electron chi connectivity index (χ0n) is 52.9. The number of halogens is 4. The molecule has 22 nitrogen and oxygen atoms in total. The minimum atomic E-state index is -4.05. The van der Waals surface area contributed by atoms with Crippen LogP contribution in [-0.2, 0) is 14.8 Å². The van der Waals surface area contributed by atoms with E-state index < -0.39 is 62.3 Å². The van der Waals surface area contributed by atoms with Crippen molar-refractivity contribution in [3.8, 4) is 11.1 Å². The number of carbonyl (C=O) groups excluding carboxylic acids is 7. The number of hydrogen-bond donors (Lipinski definition) is 13. The summed E-state index contributed by atoms with van der Waals surface area (Å²) in [5.41, 5.74) is 16.5. The summed E-state index contributed by atoms with van der Waals surface area (Å²) in [6.07, 6.45) is 2.70. The molecule has 9 rings (SSSR count). The quantitative estimate of drug-likeness (QED) is 0.0281. The van der Waals surface area contributed by atoms with Crippen LogP contribution in [0.2, 0.25) is 10.0 Å². The van der Waals surface area contributed by atoms with Crippen molar-refractivity contribution in [2.75, 3.05) is 5.32 Å². The van der Waals surface area contributed by atoms with Gasteiger partial charge in [-0.25, -0.2) is 48.6 Å². The van der Waals surface area contributed by atoms with Gasteiger partial charge in [0.25, 0.3) is 29.5 Å². The molecule has 3 unspecified atom stereocenters. The van der Waals surface area contributed by atoms with Crippen LogP contribution in [0.25, 0.3) is 11.1 Å². The van der Waals surface area contributed by atoms with Crippen molar-refractivity contribution in [1.82, 2.24) is 42.6 Å². The number of allylic oxidation sites excluding steroid dienone is 3. The highest BCUT2D eigenvalue weighted by Crippen LogP contribution is 2.28. The monoisotopic (exact) mass is 1380 g/mol. The first-order chi connectivity index (χ1) is 46.1. The lowest BCUT2D eigenvalue weighted by molar-refractivity contribution is -0.118. The van der Waals surface area contributed by atoms with E-state index in [1.165, 1.54) is 35.3 Å². The molecule has 4 atom stereocenters. The summed E-state index contributed by atoms with van der Waals surface area (Å²) in [7, 11) is -4.05. The van der Waals surface area contributed by atoms with Crippen LogP contribution in [0.15, 0.2) is 216 Å². The molecule has 0 radical (unpaired) electrons. The van der Waals surface area contributed by atoms with E-state index in [0.717, 1.165) is 51.1 Å². The second-order valence-corrected chi connectivity index (χ2v) is 24.3. The molecular formula is C70H69Cl2F2N9O13S. The van der Waals surface area contributed by atoms with Gasteiger partial charge in [0.05, 0.1) is 33.7 Å². The van der Waals surface area contributed by atoms with Crippen molar-refractivity contribution in [2.24, 2.45) is 0 Å². The van der Waals surface area contributed by atoms with E-state index in [2.05, 4.69) is 26.0 Å². The van der Waals surface area contributed by atoms with Gasteiger partial charge in [-0.15, -0.1) is 0 Å². The number of hydroxylamine groups is 4. The molecule has 0 saturated carbocycles. The third kappa shape index (κ3) is 22.0. The molecule has 8 amide bonds. The van der Waals surface area contributed by atoms with Crippen LogP contribution >= 0.6 is 23.2 Å². The predicted octanol–water partition coefficient (Wildman–Crippen LogP) is 12.7. The highest BCUT2D eigenvalue weighted by molar-refractivity contribution is 7.89. The Balaban J connectivity index is 0.000000205. The maximum atomic E-state index is 13.2. The second kappa shape index (κ2) is 35.9. The summed E-state index contributed by atoms with van der Waals surface area (Å²) in [6, 6.07) is 48.4. The van der Waals surface area contributed by atoms with E-state index >= 15 is 0 Å². The van der Waals surface area contributed by atoms with Crippen molar-refractivity contribution < 1.29 is 71.6 Å². The van der Waals surface area contributed by atoms with Gasteiger partial charge in [-0.1, -0.05) is 126 Å². The first-order valence-corrected chi connectivity index (χ1v) is 31.7. The Hall–Kier alpha value is -10.5. The molecule has 506 valence electrons. The SMILES string of the molecule is CC(NC(=O)Nc1cc(Cl)ccc1Cl)c1ccc(C(=O)NO)cc1.CC(NS(=O)(=O)c1ccc(F)c(F)c1)c1ccc(C(=O)NO)cc1.CC1=CC(C)=C(C(=O)NC(C)c2cccc(C(=O)NO)c2)C1.C[C@@H](NC(=O)c1ccc(-c2ccccc2)cc1)c1ccc(C(=O)NO)cc1. The largest absolute Gasteiger partial charge is 0.346 e. The normalized spacial score (nSPS) is 12.7.